The van der Waals surface area contributed by atoms with Crippen LogP contribution in [0.4, 0.5) is 4.79 Å². The highest BCUT2D eigenvalue weighted by atomic mass is 35.5. The normalized spacial score (nSPS) is 21.7. The molecule has 0 saturated heterocycles. The smallest absolute Gasteiger partial charge is 0.405 e. The number of primary amides is 1. The van der Waals surface area contributed by atoms with Gasteiger partial charge in [0.05, 0.1) is 0 Å². The van der Waals surface area contributed by atoms with Gasteiger partial charge in [-0.2, -0.15) is 0 Å². The van der Waals surface area contributed by atoms with Crippen LogP contribution in [0, 0.1) is 0 Å². The molecule has 0 fully saturated rings. The fourth-order valence-electron chi connectivity index (χ4n) is 2.15. The molecule has 0 unspecified atom stereocenters. The molecule has 18 heavy (non-hydrogen) atoms. The maximum absolute atomic E-state index is 11.0. The standard InChI is InChI=1S/C12H14ClNO4/c1-16-6-17-9-5-7-3-2-4-8(13)10(7)11(9)18-12(14)15/h2-4,9,11H,5-6H2,1H3,(H2,14,15)/t9-,11-/m1/s1. The average molecular weight is 272 g/mol. The van der Waals surface area contributed by atoms with Gasteiger partial charge >= 0.3 is 6.09 Å². The first kappa shape index (κ1) is 13.1. The lowest BCUT2D eigenvalue weighted by Gasteiger charge is -2.20. The Labute approximate surface area is 110 Å². The third-order valence-corrected chi connectivity index (χ3v) is 3.16. The first-order chi connectivity index (χ1) is 8.63. The molecule has 0 aliphatic heterocycles. The van der Waals surface area contributed by atoms with E-state index in [0.29, 0.717) is 11.4 Å². The first-order valence-corrected chi connectivity index (χ1v) is 5.85. The zero-order valence-corrected chi connectivity index (χ0v) is 10.6. The van der Waals surface area contributed by atoms with Gasteiger partial charge in [0, 0.05) is 24.1 Å². The van der Waals surface area contributed by atoms with Crippen molar-refractivity contribution < 1.29 is 19.0 Å². The maximum Gasteiger partial charge on any atom is 0.405 e. The molecular weight excluding hydrogens is 258 g/mol. The molecule has 1 amide bonds. The third-order valence-electron chi connectivity index (χ3n) is 2.83. The van der Waals surface area contributed by atoms with Gasteiger partial charge in [0.15, 0.2) is 6.10 Å². The van der Waals surface area contributed by atoms with Gasteiger partial charge in [-0.1, -0.05) is 23.7 Å². The Hall–Kier alpha value is -1.30. The molecule has 2 N–H and O–H groups in total. The minimum Gasteiger partial charge on any atom is -0.439 e. The van der Waals surface area contributed by atoms with Crippen LogP contribution in [-0.4, -0.2) is 26.1 Å². The molecule has 0 spiro atoms. The molecule has 1 aliphatic rings. The molecule has 1 aromatic carbocycles. The Balaban J connectivity index is 2.26. The molecule has 0 aromatic heterocycles. The van der Waals surface area contributed by atoms with Gasteiger partial charge in [-0.05, 0) is 11.6 Å². The van der Waals surface area contributed by atoms with Crippen molar-refractivity contribution in [3.05, 3.63) is 34.3 Å². The second-order valence-corrected chi connectivity index (χ2v) is 4.39. The van der Waals surface area contributed by atoms with E-state index in [0.717, 1.165) is 11.1 Å². The van der Waals surface area contributed by atoms with Crippen molar-refractivity contribution in [2.24, 2.45) is 5.73 Å². The van der Waals surface area contributed by atoms with Crippen molar-refractivity contribution in [2.75, 3.05) is 13.9 Å². The molecule has 5 nitrogen and oxygen atoms in total. The summed E-state index contributed by atoms with van der Waals surface area (Å²) in [6.07, 6.45) is -1.15. The Bertz CT molecular complexity index is 452. The van der Waals surface area contributed by atoms with Crippen molar-refractivity contribution in [1.29, 1.82) is 0 Å². The number of carbonyl (C=O) groups is 1. The number of benzene rings is 1. The first-order valence-electron chi connectivity index (χ1n) is 5.47. The number of carbonyl (C=O) groups excluding carboxylic acids is 1. The summed E-state index contributed by atoms with van der Waals surface area (Å²) in [5.74, 6) is 0. The third kappa shape index (κ3) is 2.58. The van der Waals surface area contributed by atoms with E-state index in [9.17, 15) is 4.79 Å². The molecule has 2 rings (SSSR count). The Morgan fingerprint density at radius 1 is 1.56 bits per heavy atom. The molecule has 2 atom stereocenters. The zero-order valence-electron chi connectivity index (χ0n) is 9.89. The highest BCUT2D eigenvalue weighted by molar-refractivity contribution is 6.31. The number of fused-ring (bicyclic) bond motifs is 1. The number of amides is 1. The molecule has 98 valence electrons. The van der Waals surface area contributed by atoms with E-state index in [-0.39, 0.29) is 12.9 Å². The number of rotatable bonds is 4. The van der Waals surface area contributed by atoms with E-state index in [2.05, 4.69) is 0 Å². The molecule has 1 aliphatic carbocycles. The fourth-order valence-corrected chi connectivity index (χ4v) is 2.45. The summed E-state index contributed by atoms with van der Waals surface area (Å²) < 4.78 is 15.5. The predicted molar refractivity (Wildman–Crippen MR) is 65.3 cm³/mol. The Morgan fingerprint density at radius 3 is 3.00 bits per heavy atom. The number of nitrogens with two attached hydrogens (primary N) is 1. The molecule has 6 heteroatoms. The van der Waals surface area contributed by atoms with Crippen LogP contribution in [-0.2, 0) is 20.6 Å². The van der Waals surface area contributed by atoms with E-state index >= 15 is 0 Å². The summed E-state index contributed by atoms with van der Waals surface area (Å²) in [5.41, 5.74) is 6.84. The van der Waals surface area contributed by atoms with Gasteiger partial charge < -0.3 is 19.9 Å². The van der Waals surface area contributed by atoms with Gasteiger partial charge in [0.2, 0.25) is 0 Å². The van der Waals surface area contributed by atoms with Crippen LogP contribution in [0.3, 0.4) is 0 Å². The minimum absolute atomic E-state index is 0.120. The van der Waals surface area contributed by atoms with Gasteiger partial charge in [-0.25, -0.2) is 4.79 Å². The van der Waals surface area contributed by atoms with Crippen LogP contribution in [0.15, 0.2) is 18.2 Å². The fraction of sp³-hybridized carbons (Fsp3) is 0.417. The topological polar surface area (TPSA) is 70.8 Å². The minimum atomic E-state index is -0.848. The molecule has 1 aromatic rings. The molecular formula is C12H14ClNO4. The lowest BCUT2D eigenvalue weighted by atomic mass is 10.1. The SMILES string of the molecule is COCO[C@@H]1Cc2cccc(Cl)c2[C@@H]1OC(N)=O. The Morgan fingerprint density at radius 2 is 2.33 bits per heavy atom. The summed E-state index contributed by atoms with van der Waals surface area (Å²) in [7, 11) is 1.53. The van der Waals surface area contributed by atoms with Crippen molar-refractivity contribution in [3.63, 3.8) is 0 Å². The predicted octanol–water partition coefficient (Wildman–Crippen LogP) is 2.02. The van der Waals surface area contributed by atoms with Crippen LogP contribution in [0.25, 0.3) is 0 Å². The van der Waals surface area contributed by atoms with E-state index in [1.807, 2.05) is 12.1 Å². The number of ether oxygens (including phenoxy) is 3. The van der Waals surface area contributed by atoms with Crippen molar-refractivity contribution in [2.45, 2.75) is 18.6 Å². The zero-order chi connectivity index (χ0) is 13.1. The van der Waals surface area contributed by atoms with E-state index < -0.39 is 12.2 Å². The summed E-state index contributed by atoms with van der Waals surface area (Å²) in [5, 5.41) is 0.544. The van der Waals surface area contributed by atoms with Crippen LogP contribution in [0.2, 0.25) is 5.02 Å². The quantitative estimate of drug-likeness (QED) is 0.851. The van der Waals surface area contributed by atoms with Gasteiger partial charge in [-0.3, -0.25) is 0 Å². The second-order valence-electron chi connectivity index (χ2n) is 3.99. The number of hydrogen-bond donors (Lipinski definition) is 1. The summed E-state index contributed by atoms with van der Waals surface area (Å²) in [6.45, 7) is 0.120. The lowest BCUT2D eigenvalue weighted by Crippen LogP contribution is -2.26. The maximum atomic E-state index is 11.0. The summed E-state index contributed by atoms with van der Waals surface area (Å²) >= 11 is 6.13. The number of halogens is 1. The molecule has 0 saturated carbocycles. The number of hydrogen-bond acceptors (Lipinski definition) is 4. The summed E-state index contributed by atoms with van der Waals surface area (Å²) in [4.78, 5) is 11.0. The van der Waals surface area contributed by atoms with Gasteiger partial charge in [0.1, 0.15) is 12.9 Å². The number of methoxy groups -OCH3 is 1. The van der Waals surface area contributed by atoms with Crippen LogP contribution >= 0.6 is 11.6 Å². The average Bonchev–Trinajstić information content (AvgIpc) is 2.65. The van der Waals surface area contributed by atoms with Crippen LogP contribution in [0.5, 0.6) is 0 Å². The van der Waals surface area contributed by atoms with E-state index in [1.165, 1.54) is 7.11 Å². The molecule has 0 heterocycles. The van der Waals surface area contributed by atoms with Gasteiger partial charge in [0.25, 0.3) is 0 Å². The van der Waals surface area contributed by atoms with Crippen molar-refractivity contribution in [1.82, 2.24) is 0 Å². The molecule has 0 radical (unpaired) electrons. The van der Waals surface area contributed by atoms with Crippen molar-refractivity contribution >= 4 is 17.7 Å². The largest absolute Gasteiger partial charge is 0.439 e. The monoisotopic (exact) mass is 271 g/mol. The van der Waals surface area contributed by atoms with E-state index in [1.54, 1.807) is 6.07 Å². The lowest BCUT2D eigenvalue weighted by molar-refractivity contribution is -0.107. The van der Waals surface area contributed by atoms with Crippen LogP contribution < -0.4 is 5.73 Å². The highest BCUT2D eigenvalue weighted by Crippen LogP contribution is 2.40. The molecule has 0 bridgehead atoms. The summed E-state index contributed by atoms with van der Waals surface area (Å²) in [6, 6.07) is 5.52. The van der Waals surface area contributed by atoms with Crippen molar-refractivity contribution in [3.8, 4) is 0 Å². The Kier molecular flexibility index (Phi) is 4.06. The van der Waals surface area contributed by atoms with E-state index in [4.69, 9.17) is 31.5 Å². The van der Waals surface area contributed by atoms with Gasteiger partial charge in [-0.15, -0.1) is 0 Å². The van der Waals surface area contributed by atoms with Crippen LogP contribution in [0.1, 0.15) is 17.2 Å². The highest BCUT2D eigenvalue weighted by Gasteiger charge is 2.37. The second kappa shape index (κ2) is 5.56.